The van der Waals surface area contributed by atoms with E-state index < -0.39 is 11.0 Å². The van der Waals surface area contributed by atoms with E-state index in [1.165, 1.54) is 12.8 Å². The molecule has 0 bridgehead atoms. The Morgan fingerprint density at radius 2 is 1.71 bits per heavy atom. The fraction of sp³-hybridized carbons (Fsp3) is 0.474. The molecule has 3 aromatic rings. The van der Waals surface area contributed by atoms with Gasteiger partial charge in [0.1, 0.15) is 17.3 Å². The molecule has 3 aliphatic carbocycles. The van der Waals surface area contributed by atoms with Crippen LogP contribution in [0.25, 0.3) is 11.1 Å². The van der Waals surface area contributed by atoms with Crippen molar-refractivity contribution < 1.29 is 24.5 Å². The second-order valence-electron chi connectivity index (χ2n) is 14.0. The van der Waals surface area contributed by atoms with E-state index in [9.17, 15) is 19.8 Å². The van der Waals surface area contributed by atoms with Crippen LogP contribution in [-0.2, 0) is 23.1 Å². The number of carbonyl (C=O) groups is 2. The molecule has 3 aromatic carbocycles. The highest BCUT2D eigenvalue weighted by molar-refractivity contribution is 5.98. The molecular formula is C38H46N2O5. The molecule has 6 rings (SSSR count). The van der Waals surface area contributed by atoms with Gasteiger partial charge in [-0.25, -0.2) is 0 Å². The van der Waals surface area contributed by atoms with Crippen molar-refractivity contribution in [1.82, 2.24) is 10.2 Å². The fourth-order valence-electron chi connectivity index (χ4n) is 7.69. The minimum atomic E-state index is -1.18. The Morgan fingerprint density at radius 1 is 1.04 bits per heavy atom. The number of Topliss-reactive ketones (excluding diaryl/α,β-unsaturated/α-hetero) is 1. The predicted molar refractivity (Wildman–Crippen MR) is 176 cm³/mol. The van der Waals surface area contributed by atoms with Crippen LogP contribution in [-0.4, -0.2) is 64.7 Å². The summed E-state index contributed by atoms with van der Waals surface area (Å²) in [5.41, 5.74) is 2.78. The molecule has 3 N–H and O–H groups in total. The number of rotatable bonds is 10. The maximum Gasteiger partial charge on any atom is 0.255 e. The molecule has 0 aromatic heterocycles. The molecule has 7 heteroatoms. The summed E-state index contributed by atoms with van der Waals surface area (Å²) in [7, 11) is 2.07. The molecule has 3 atom stereocenters. The zero-order chi connectivity index (χ0) is 31.9. The third-order valence-corrected chi connectivity index (χ3v) is 10.3. The molecule has 238 valence electrons. The molecular weight excluding hydrogens is 564 g/mol. The molecule has 2 saturated carbocycles. The molecule has 3 aliphatic rings. The van der Waals surface area contributed by atoms with Crippen LogP contribution in [0.2, 0.25) is 0 Å². The Hall–Kier alpha value is -3.68. The van der Waals surface area contributed by atoms with Gasteiger partial charge in [-0.15, -0.1) is 0 Å². The SMILES string of the molecule is CC(C)Oc1ccc(-c2ccc(CCNC(=O)c3ccc4c(c3O)C3(C)CC(=O)CC[C@@]3(O)[C@H](N(C)CC3CC3)C4)cc2)cc1. The summed E-state index contributed by atoms with van der Waals surface area (Å²) in [5.74, 6) is 1.12. The van der Waals surface area contributed by atoms with Crippen LogP contribution in [0.15, 0.2) is 60.7 Å². The number of phenolic OH excluding ortho intramolecular Hbond substituents is 1. The van der Waals surface area contributed by atoms with Crippen LogP contribution < -0.4 is 10.1 Å². The van der Waals surface area contributed by atoms with E-state index in [1.54, 1.807) is 6.07 Å². The van der Waals surface area contributed by atoms with Crippen molar-refractivity contribution in [1.29, 1.82) is 0 Å². The first kappa shape index (κ1) is 31.3. The number of ether oxygens (including phenoxy) is 1. The number of nitrogens with zero attached hydrogens (tertiary/aromatic N) is 1. The first-order valence-corrected chi connectivity index (χ1v) is 16.4. The molecule has 1 amide bonds. The maximum atomic E-state index is 13.4. The normalized spacial score (nSPS) is 24.3. The number of phenols is 1. The van der Waals surface area contributed by atoms with Crippen molar-refractivity contribution >= 4 is 11.7 Å². The quantitative estimate of drug-likeness (QED) is 0.267. The Kier molecular flexibility index (Phi) is 8.53. The number of likely N-dealkylation sites (N-methyl/N-ethyl adjacent to an activating group) is 1. The second-order valence-corrected chi connectivity index (χ2v) is 14.0. The van der Waals surface area contributed by atoms with Gasteiger partial charge in [0.2, 0.25) is 0 Å². The maximum absolute atomic E-state index is 13.4. The van der Waals surface area contributed by atoms with E-state index in [1.807, 2.05) is 39.0 Å². The largest absolute Gasteiger partial charge is 0.507 e. The summed E-state index contributed by atoms with van der Waals surface area (Å²) in [6.45, 7) is 7.24. The number of nitrogens with one attached hydrogen (secondary N) is 1. The van der Waals surface area contributed by atoms with Crippen LogP contribution in [0.4, 0.5) is 0 Å². The second kappa shape index (κ2) is 12.3. The molecule has 45 heavy (non-hydrogen) atoms. The highest BCUT2D eigenvalue weighted by atomic mass is 16.5. The van der Waals surface area contributed by atoms with Gasteiger partial charge in [-0.2, -0.15) is 0 Å². The fourth-order valence-corrected chi connectivity index (χ4v) is 7.69. The Bertz CT molecular complexity index is 1560. The van der Waals surface area contributed by atoms with Gasteiger partial charge in [0.05, 0.1) is 17.3 Å². The van der Waals surface area contributed by atoms with Crippen LogP contribution in [0, 0.1) is 5.92 Å². The molecule has 1 unspecified atom stereocenters. The lowest BCUT2D eigenvalue weighted by atomic mass is 9.52. The van der Waals surface area contributed by atoms with Crippen molar-refractivity contribution in [3.63, 3.8) is 0 Å². The van der Waals surface area contributed by atoms with Gasteiger partial charge in [0.15, 0.2) is 0 Å². The minimum absolute atomic E-state index is 0.0797. The summed E-state index contributed by atoms with van der Waals surface area (Å²) in [6.07, 6.45) is 4.61. The monoisotopic (exact) mass is 610 g/mol. The number of aromatic hydroxyl groups is 1. The Labute approximate surface area is 266 Å². The van der Waals surface area contributed by atoms with Crippen molar-refractivity contribution in [2.45, 2.75) is 88.9 Å². The average Bonchev–Trinajstić information content (AvgIpc) is 3.82. The first-order valence-electron chi connectivity index (χ1n) is 16.4. The summed E-state index contributed by atoms with van der Waals surface area (Å²) in [6, 6.07) is 19.8. The lowest BCUT2D eigenvalue weighted by molar-refractivity contribution is -0.149. The number of carbonyl (C=O) groups excluding carboxylic acids is 2. The number of benzene rings is 3. The number of hydrogen-bond donors (Lipinski definition) is 3. The standard InChI is InChI=1S/C38H46N2O5/c1-24(2)45-31-14-11-28(12-15-31)27-9-7-25(8-10-27)18-20-39-36(43)32-16-13-29-21-33(40(4)23-26-5-6-26)38(44)19-17-30(41)22-37(38,3)34(29)35(32)42/h7-16,24,26,33,42,44H,5-6,17-23H2,1-4H3,(H,39,43)/t33-,37?,38-/m1/s1. The molecule has 2 fully saturated rings. The highest BCUT2D eigenvalue weighted by Crippen LogP contribution is 2.56. The molecule has 0 aliphatic heterocycles. The summed E-state index contributed by atoms with van der Waals surface area (Å²) in [5, 5.41) is 26.9. The van der Waals surface area contributed by atoms with Gasteiger partial charge in [0.25, 0.3) is 5.91 Å². The smallest absolute Gasteiger partial charge is 0.255 e. The summed E-state index contributed by atoms with van der Waals surface area (Å²) >= 11 is 0. The van der Waals surface area contributed by atoms with Gasteiger partial charge in [-0.05, 0) is 99.4 Å². The summed E-state index contributed by atoms with van der Waals surface area (Å²) < 4.78 is 5.74. The Morgan fingerprint density at radius 3 is 2.36 bits per heavy atom. The zero-order valence-electron chi connectivity index (χ0n) is 26.9. The van der Waals surface area contributed by atoms with Crippen molar-refractivity contribution in [2.24, 2.45) is 5.92 Å². The van der Waals surface area contributed by atoms with Crippen molar-refractivity contribution in [2.75, 3.05) is 20.1 Å². The van der Waals surface area contributed by atoms with E-state index in [4.69, 9.17) is 4.74 Å². The van der Waals surface area contributed by atoms with E-state index in [0.29, 0.717) is 43.7 Å². The molecule has 0 radical (unpaired) electrons. The molecule has 7 nitrogen and oxygen atoms in total. The van der Waals surface area contributed by atoms with Crippen LogP contribution in [0.5, 0.6) is 11.5 Å². The third-order valence-electron chi connectivity index (χ3n) is 10.3. The van der Waals surface area contributed by atoms with E-state index in [0.717, 1.165) is 34.5 Å². The lowest BCUT2D eigenvalue weighted by Crippen LogP contribution is -2.68. The number of hydrogen-bond acceptors (Lipinski definition) is 6. The topological polar surface area (TPSA) is 99.1 Å². The Balaban J connectivity index is 1.15. The molecule has 0 spiro atoms. The van der Waals surface area contributed by atoms with Crippen LogP contribution >= 0.6 is 0 Å². The van der Waals surface area contributed by atoms with Crippen molar-refractivity contribution in [3.05, 3.63) is 82.9 Å². The zero-order valence-corrected chi connectivity index (χ0v) is 26.9. The van der Waals surface area contributed by atoms with E-state index in [-0.39, 0.29) is 41.6 Å². The van der Waals surface area contributed by atoms with E-state index in [2.05, 4.69) is 53.7 Å². The first-order chi connectivity index (χ1) is 21.5. The minimum Gasteiger partial charge on any atom is -0.507 e. The number of aliphatic hydroxyl groups is 1. The predicted octanol–water partition coefficient (Wildman–Crippen LogP) is 5.83. The van der Waals surface area contributed by atoms with Gasteiger partial charge < -0.3 is 20.3 Å². The van der Waals surface area contributed by atoms with Crippen LogP contribution in [0.3, 0.4) is 0 Å². The van der Waals surface area contributed by atoms with Gasteiger partial charge >= 0.3 is 0 Å². The van der Waals surface area contributed by atoms with Gasteiger partial charge in [-0.3, -0.25) is 14.5 Å². The lowest BCUT2D eigenvalue weighted by Gasteiger charge is -2.58. The van der Waals surface area contributed by atoms with Crippen LogP contribution in [0.1, 0.15) is 79.9 Å². The number of ketones is 1. The highest BCUT2D eigenvalue weighted by Gasteiger charge is 2.61. The number of fused-ring (bicyclic) bond motifs is 3. The molecule has 0 saturated heterocycles. The van der Waals surface area contributed by atoms with Crippen molar-refractivity contribution in [3.8, 4) is 22.6 Å². The van der Waals surface area contributed by atoms with E-state index >= 15 is 0 Å². The average molecular weight is 611 g/mol. The third kappa shape index (κ3) is 6.12. The number of amides is 1. The van der Waals surface area contributed by atoms with Gasteiger partial charge in [-0.1, -0.05) is 49.4 Å². The summed E-state index contributed by atoms with van der Waals surface area (Å²) in [4.78, 5) is 28.4. The molecule has 0 heterocycles. The van der Waals surface area contributed by atoms with Gasteiger partial charge in [0, 0.05) is 43.0 Å².